The normalized spacial score (nSPS) is 19.8. The Hall–Kier alpha value is -1.44. The molecule has 1 aliphatic carbocycles. The van der Waals surface area contributed by atoms with Gasteiger partial charge < -0.3 is 9.13 Å². The van der Waals surface area contributed by atoms with Gasteiger partial charge in [0.05, 0.1) is 0 Å². The SMILES string of the molecule is c1ccn(C2(n3cccc3)CCCCC2)c1. The van der Waals surface area contributed by atoms with E-state index in [4.69, 9.17) is 0 Å². The summed E-state index contributed by atoms with van der Waals surface area (Å²) in [4.78, 5) is 0. The summed E-state index contributed by atoms with van der Waals surface area (Å²) in [7, 11) is 0. The quantitative estimate of drug-likeness (QED) is 0.724. The molecule has 2 aromatic rings. The van der Waals surface area contributed by atoms with Crippen LogP contribution in [0.1, 0.15) is 32.1 Å². The van der Waals surface area contributed by atoms with E-state index in [0.717, 1.165) is 0 Å². The summed E-state index contributed by atoms with van der Waals surface area (Å²) in [6.45, 7) is 0. The van der Waals surface area contributed by atoms with E-state index in [1.165, 1.54) is 32.1 Å². The summed E-state index contributed by atoms with van der Waals surface area (Å²) in [5.41, 5.74) is 0.158. The molecule has 2 heterocycles. The first-order valence-electron chi connectivity index (χ1n) is 6.19. The number of nitrogens with zero attached hydrogens (tertiary/aromatic N) is 2. The van der Waals surface area contributed by atoms with Gasteiger partial charge in [-0.25, -0.2) is 0 Å². The molecule has 0 atom stereocenters. The van der Waals surface area contributed by atoms with Gasteiger partial charge in [0, 0.05) is 24.8 Å². The van der Waals surface area contributed by atoms with Crippen LogP contribution in [0.2, 0.25) is 0 Å². The minimum Gasteiger partial charge on any atom is -0.331 e. The summed E-state index contributed by atoms with van der Waals surface area (Å²) < 4.78 is 4.76. The third kappa shape index (κ3) is 1.41. The van der Waals surface area contributed by atoms with Gasteiger partial charge in [0.1, 0.15) is 5.66 Å². The van der Waals surface area contributed by atoms with E-state index in [9.17, 15) is 0 Å². The molecule has 0 spiro atoms. The molecule has 0 amide bonds. The molecule has 0 radical (unpaired) electrons. The molecule has 1 fully saturated rings. The molecule has 0 saturated heterocycles. The van der Waals surface area contributed by atoms with E-state index in [0.29, 0.717) is 0 Å². The van der Waals surface area contributed by atoms with Gasteiger partial charge in [-0.1, -0.05) is 6.42 Å². The first-order chi connectivity index (χ1) is 7.92. The number of aromatic nitrogens is 2. The Labute approximate surface area is 96.5 Å². The second-order valence-corrected chi connectivity index (χ2v) is 4.72. The number of rotatable bonds is 2. The fourth-order valence-corrected chi connectivity index (χ4v) is 2.99. The Morgan fingerprint density at radius 2 is 1.06 bits per heavy atom. The van der Waals surface area contributed by atoms with E-state index in [-0.39, 0.29) is 5.66 Å². The zero-order valence-electron chi connectivity index (χ0n) is 9.55. The van der Waals surface area contributed by atoms with Crippen LogP contribution in [0.15, 0.2) is 49.1 Å². The highest BCUT2D eigenvalue weighted by atomic mass is 15.3. The van der Waals surface area contributed by atoms with Crippen LogP contribution in [0.25, 0.3) is 0 Å². The lowest BCUT2D eigenvalue weighted by atomic mass is 9.88. The Kier molecular flexibility index (Phi) is 2.35. The molecular formula is C14H18N2. The third-order valence-corrected chi connectivity index (χ3v) is 3.82. The van der Waals surface area contributed by atoms with Crippen molar-refractivity contribution in [1.29, 1.82) is 0 Å². The highest BCUT2D eigenvalue weighted by Gasteiger charge is 2.34. The van der Waals surface area contributed by atoms with E-state index in [2.05, 4.69) is 58.2 Å². The molecule has 0 aromatic carbocycles. The first-order valence-corrected chi connectivity index (χ1v) is 6.19. The molecule has 2 heteroatoms. The minimum absolute atomic E-state index is 0.158. The lowest BCUT2D eigenvalue weighted by Crippen LogP contribution is -2.41. The van der Waals surface area contributed by atoms with Gasteiger partial charge in [-0.3, -0.25) is 0 Å². The molecule has 2 aromatic heterocycles. The molecule has 2 nitrogen and oxygen atoms in total. The van der Waals surface area contributed by atoms with Crippen LogP contribution in [0.4, 0.5) is 0 Å². The van der Waals surface area contributed by atoms with Gasteiger partial charge >= 0.3 is 0 Å². The monoisotopic (exact) mass is 214 g/mol. The summed E-state index contributed by atoms with van der Waals surface area (Å²) in [6, 6.07) is 8.50. The average molecular weight is 214 g/mol. The Morgan fingerprint density at radius 3 is 1.50 bits per heavy atom. The zero-order chi connectivity index (χ0) is 10.8. The van der Waals surface area contributed by atoms with E-state index in [1.54, 1.807) is 0 Å². The molecule has 16 heavy (non-hydrogen) atoms. The lowest BCUT2D eigenvalue weighted by Gasteiger charge is -2.40. The van der Waals surface area contributed by atoms with Crippen LogP contribution in [-0.4, -0.2) is 9.13 Å². The molecule has 1 saturated carbocycles. The Balaban J connectivity index is 2.07. The highest BCUT2D eigenvalue weighted by molar-refractivity contribution is 5.05. The van der Waals surface area contributed by atoms with Crippen molar-refractivity contribution in [2.75, 3.05) is 0 Å². The van der Waals surface area contributed by atoms with Gasteiger partial charge in [0.2, 0.25) is 0 Å². The van der Waals surface area contributed by atoms with Crippen molar-refractivity contribution in [2.24, 2.45) is 0 Å². The van der Waals surface area contributed by atoms with Crippen molar-refractivity contribution in [3.8, 4) is 0 Å². The molecule has 84 valence electrons. The van der Waals surface area contributed by atoms with Crippen LogP contribution >= 0.6 is 0 Å². The maximum Gasteiger partial charge on any atom is 0.120 e. The van der Waals surface area contributed by atoms with Crippen molar-refractivity contribution < 1.29 is 0 Å². The largest absolute Gasteiger partial charge is 0.331 e. The molecule has 0 aliphatic heterocycles. The number of hydrogen-bond donors (Lipinski definition) is 0. The van der Waals surface area contributed by atoms with Crippen LogP contribution in [0.5, 0.6) is 0 Å². The number of hydrogen-bond acceptors (Lipinski definition) is 0. The summed E-state index contributed by atoms with van der Waals surface area (Å²) in [5.74, 6) is 0. The van der Waals surface area contributed by atoms with E-state index >= 15 is 0 Å². The molecule has 1 aliphatic rings. The summed E-state index contributed by atoms with van der Waals surface area (Å²) in [6.07, 6.45) is 15.3. The smallest absolute Gasteiger partial charge is 0.120 e. The molecule has 0 unspecified atom stereocenters. The van der Waals surface area contributed by atoms with Crippen LogP contribution in [0, 0.1) is 0 Å². The second kappa shape index (κ2) is 3.85. The minimum atomic E-state index is 0.158. The van der Waals surface area contributed by atoms with Crippen LogP contribution in [0.3, 0.4) is 0 Å². The molecular weight excluding hydrogens is 196 g/mol. The standard InChI is InChI=1S/C14H18N2/c1-2-8-14(9-3-1,15-10-4-5-11-15)16-12-6-7-13-16/h4-7,10-13H,1-3,8-9H2. The zero-order valence-corrected chi connectivity index (χ0v) is 9.55. The molecule has 0 bridgehead atoms. The Morgan fingerprint density at radius 1 is 0.625 bits per heavy atom. The third-order valence-electron chi connectivity index (χ3n) is 3.82. The lowest BCUT2D eigenvalue weighted by molar-refractivity contribution is 0.152. The van der Waals surface area contributed by atoms with E-state index in [1.807, 2.05) is 0 Å². The fraction of sp³-hybridized carbons (Fsp3) is 0.429. The van der Waals surface area contributed by atoms with Gasteiger partial charge in [0.25, 0.3) is 0 Å². The van der Waals surface area contributed by atoms with E-state index < -0.39 is 0 Å². The average Bonchev–Trinajstić information content (AvgIpc) is 3.04. The van der Waals surface area contributed by atoms with Gasteiger partial charge in [-0.05, 0) is 49.9 Å². The van der Waals surface area contributed by atoms with Gasteiger partial charge in [0.15, 0.2) is 0 Å². The predicted octanol–water partition coefficient (Wildman–Crippen LogP) is 3.45. The maximum atomic E-state index is 2.38. The van der Waals surface area contributed by atoms with Crippen molar-refractivity contribution in [3.05, 3.63) is 49.1 Å². The van der Waals surface area contributed by atoms with Gasteiger partial charge in [-0.2, -0.15) is 0 Å². The predicted molar refractivity (Wildman–Crippen MR) is 65.3 cm³/mol. The molecule has 3 rings (SSSR count). The van der Waals surface area contributed by atoms with Crippen LogP contribution < -0.4 is 0 Å². The van der Waals surface area contributed by atoms with Gasteiger partial charge in [-0.15, -0.1) is 0 Å². The molecule has 0 N–H and O–H groups in total. The van der Waals surface area contributed by atoms with Crippen LogP contribution in [-0.2, 0) is 5.66 Å². The van der Waals surface area contributed by atoms with Crippen molar-refractivity contribution in [3.63, 3.8) is 0 Å². The topological polar surface area (TPSA) is 9.86 Å². The highest BCUT2D eigenvalue weighted by Crippen LogP contribution is 2.36. The maximum absolute atomic E-state index is 2.38. The summed E-state index contributed by atoms with van der Waals surface area (Å²) in [5, 5.41) is 0. The van der Waals surface area contributed by atoms with Crippen molar-refractivity contribution in [2.45, 2.75) is 37.8 Å². The fourth-order valence-electron chi connectivity index (χ4n) is 2.99. The second-order valence-electron chi connectivity index (χ2n) is 4.72. The summed E-state index contributed by atoms with van der Waals surface area (Å²) >= 11 is 0. The first kappa shape index (κ1) is 9.76. The Bertz CT molecular complexity index is 383. The van der Waals surface area contributed by atoms with Crippen molar-refractivity contribution in [1.82, 2.24) is 9.13 Å². The van der Waals surface area contributed by atoms with Crippen molar-refractivity contribution >= 4 is 0 Å².